The average Bonchev–Trinajstić information content (AvgIpc) is 3.40. The van der Waals surface area contributed by atoms with Crippen molar-refractivity contribution in [1.82, 2.24) is 14.7 Å². The summed E-state index contributed by atoms with van der Waals surface area (Å²) < 4.78 is 5.15. The fourth-order valence-electron chi connectivity index (χ4n) is 3.59. The number of hydrogen-bond donors (Lipinski definition) is 0. The van der Waals surface area contributed by atoms with Gasteiger partial charge in [0.15, 0.2) is 5.76 Å². The number of furan rings is 1. The summed E-state index contributed by atoms with van der Waals surface area (Å²) in [6.07, 6.45) is 2.00. The number of nitrogens with zero attached hydrogens (tertiary/aromatic N) is 3. The van der Waals surface area contributed by atoms with E-state index in [1.165, 1.54) is 11.2 Å². The second-order valence-electron chi connectivity index (χ2n) is 7.13. The summed E-state index contributed by atoms with van der Waals surface area (Å²) in [5.41, 5.74) is 1.35. The molecule has 1 aromatic heterocycles. The topological polar surface area (TPSA) is 91.1 Å². The molecule has 4 rings (SSSR count). The Kier molecular flexibility index (Phi) is 5.16. The summed E-state index contributed by atoms with van der Waals surface area (Å²) >= 11 is 0. The van der Waals surface area contributed by atoms with Gasteiger partial charge in [-0.1, -0.05) is 12.1 Å². The molecule has 2 aromatic rings. The Morgan fingerprint density at radius 1 is 0.828 bits per heavy atom. The largest absolute Gasteiger partial charge is 0.459 e. The molecular weight excluding hydrogens is 374 g/mol. The average molecular weight is 395 g/mol. The predicted molar refractivity (Wildman–Crippen MR) is 102 cm³/mol. The van der Waals surface area contributed by atoms with Gasteiger partial charge in [0.05, 0.1) is 12.8 Å². The summed E-state index contributed by atoms with van der Waals surface area (Å²) in [7, 11) is 0. The van der Waals surface area contributed by atoms with E-state index in [1.807, 2.05) is 0 Å². The lowest BCUT2D eigenvalue weighted by Gasteiger charge is -2.34. The van der Waals surface area contributed by atoms with Crippen LogP contribution in [0.5, 0.6) is 0 Å². The molecule has 4 amide bonds. The summed E-state index contributed by atoms with van der Waals surface area (Å²) in [4.78, 5) is 53.2. The Morgan fingerprint density at radius 2 is 1.41 bits per heavy atom. The van der Waals surface area contributed by atoms with Crippen LogP contribution in [0, 0.1) is 0 Å². The Hall–Kier alpha value is -3.42. The highest BCUT2D eigenvalue weighted by molar-refractivity contribution is 6.01. The number of piperazine rings is 1. The van der Waals surface area contributed by atoms with Crippen molar-refractivity contribution in [2.24, 2.45) is 0 Å². The van der Waals surface area contributed by atoms with Crippen molar-refractivity contribution >= 4 is 23.6 Å². The molecule has 8 nitrogen and oxygen atoms in total. The standard InChI is InChI=1S/C21H21N3O5/c25-18-7-8-19(26)24(18)14-15-3-5-16(6-4-15)20(27)22-9-11-23(12-10-22)21(28)17-2-1-13-29-17/h1-6,13H,7-12,14H2. The molecule has 0 atom stereocenters. The van der Waals surface area contributed by atoms with Gasteiger partial charge in [-0.05, 0) is 29.8 Å². The van der Waals surface area contributed by atoms with Gasteiger partial charge in [0.25, 0.3) is 11.8 Å². The molecular formula is C21H21N3O5. The molecule has 1 aromatic carbocycles. The molecule has 2 fully saturated rings. The summed E-state index contributed by atoms with van der Waals surface area (Å²) in [5.74, 6) is -0.281. The van der Waals surface area contributed by atoms with Crippen molar-refractivity contribution in [3.05, 3.63) is 59.5 Å². The summed E-state index contributed by atoms with van der Waals surface area (Å²) in [5, 5.41) is 0. The van der Waals surface area contributed by atoms with E-state index in [4.69, 9.17) is 4.42 Å². The Morgan fingerprint density at radius 3 is 1.97 bits per heavy atom. The van der Waals surface area contributed by atoms with E-state index in [9.17, 15) is 19.2 Å². The highest BCUT2D eigenvalue weighted by Crippen LogP contribution is 2.17. The number of rotatable bonds is 4. The first kappa shape index (κ1) is 18.9. The molecule has 0 N–H and O–H groups in total. The SMILES string of the molecule is O=C(c1ccc(CN2C(=O)CCC2=O)cc1)N1CCN(C(=O)c2ccco2)CC1. The number of hydrogen-bond acceptors (Lipinski definition) is 5. The maximum Gasteiger partial charge on any atom is 0.289 e. The third-order valence-electron chi connectivity index (χ3n) is 5.28. The van der Waals surface area contributed by atoms with Gasteiger partial charge in [-0.3, -0.25) is 24.1 Å². The van der Waals surface area contributed by atoms with Crippen molar-refractivity contribution < 1.29 is 23.6 Å². The third-order valence-corrected chi connectivity index (χ3v) is 5.28. The Labute approximate surface area is 167 Å². The van der Waals surface area contributed by atoms with E-state index in [-0.39, 0.29) is 43.0 Å². The Bertz CT molecular complexity index is 912. The van der Waals surface area contributed by atoms with E-state index >= 15 is 0 Å². The van der Waals surface area contributed by atoms with Gasteiger partial charge in [0.1, 0.15) is 0 Å². The van der Waals surface area contributed by atoms with Crippen molar-refractivity contribution in [3.63, 3.8) is 0 Å². The van der Waals surface area contributed by atoms with Crippen LogP contribution in [-0.2, 0) is 16.1 Å². The monoisotopic (exact) mass is 395 g/mol. The fraction of sp³-hybridized carbons (Fsp3) is 0.333. The quantitative estimate of drug-likeness (QED) is 0.732. The van der Waals surface area contributed by atoms with E-state index in [1.54, 1.807) is 46.2 Å². The van der Waals surface area contributed by atoms with Crippen LogP contribution < -0.4 is 0 Å². The zero-order valence-electron chi connectivity index (χ0n) is 15.9. The molecule has 0 bridgehead atoms. The zero-order valence-corrected chi connectivity index (χ0v) is 15.9. The highest BCUT2D eigenvalue weighted by atomic mass is 16.3. The zero-order chi connectivity index (χ0) is 20.4. The molecule has 2 saturated heterocycles. The molecule has 0 aliphatic carbocycles. The number of carbonyl (C=O) groups is 4. The maximum atomic E-state index is 12.8. The highest BCUT2D eigenvalue weighted by Gasteiger charge is 2.29. The van der Waals surface area contributed by atoms with Gasteiger partial charge in [-0.25, -0.2) is 0 Å². The van der Waals surface area contributed by atoms with Gasteiger partial charge >= 0.3 is 0 Å². The van der Waals surface area contributed by atoms with Crippen LogP contribution in [0.2, 0.25) is 0 Å². The lowest BCUT2D eigenvalue weighted by atomic mass is 10.1. The molecule has 3 heterocycles. The van der Waals surface area contributed by atoms with Crippen LogP contribution in [0.25, 0.3) is 0 Å². The molecule has 0 unspecified atom stereocenters. The van der Waals surface area contributed by atoms with Crippen molar-refractivity contribution in [3.8, 4) is 0 Å². The van der Waals surface area contributed by atoms with Gasteiger partial charge in [-0.2, -0.15) is 0 Å². The molecule has 29 heavy (non-hydrogen) atoms. The molecule has 0 radical (unpaired) electrons. The number of imide groups is 1. The van der Waals surface area contributed by atoms with Crippen molar-refractivity contribution in [2.45, 2.75) is 19.4 Å². The molecule has 0 saturated carbocycles. The van der Waals surface area contributed by atoms with Crippen LogP contribution >= 0.6 is 0 Å². The van der Waals surface area contributed by atoms with Crippen LogP contribution in [-0.4, -0.2) is 64.5 Å². The third kappa shape index (κ3) is 3.91. The first-order valence-corrected chi connectivity index (χ1v) is 9.57. The minimum absolute atomic E-state index is 0.102. The second kappa shape index (κ2) is 7.90. The minimum atomic E-state index is -0.169. The number of amides is 4. The number of likely N-dealkylation sites (tertiary alicyclic amines) is 1. The van der Waals surface area contributed by atoms with Crippen LogP contribution in [0.15, 0.2) is 47.1 Å². The van der Waals surface area contributed by atoms with Crippen molar-refractivity contribution in [2.75, 3.05) is 26.2 Å². The molecule has 2 aliphatic rings. The first-order valence-electron chi connectivity index (χ1n) is 9.57. The normalized spacial score (nSPS) is 17.2. The number of carbonyl (C=O) groups excluding carboxylic acids is 4. The molecule has 150 valence electrons. The summed E-state index contributed by atoms with van der Waals surface area (Å²) in [6, 6.07) is 10.3. The van der Waals surface area contributed by atoms with E-state index < -0.39 is 0 Å². The Balaban J connectivity index is 1.33. The fourth-order valence-corrected chi connectivity index (χ4v) is 3.59. The molecule has 0 spiro atoms. The van der Waals surface area contributed by atoms with E-state index in [0.717, 1.165) is 5.56 Å². The lowest BCUT2D eigenvalue weighted by Crippen LogP contribution is -2.50. The van der Waals surface area contributed by atoms with Gasteiger partial charge in [0.2, 0.25) is 11.8 Å². The minimum Gasteiger partial charge on any atom is -0.459 e. The number of benzene rings is 1. The van der Waals surface area contributed by atoms with Gasteiger partial charge in [0, 0.05) is 44.6 Å². The lowest BCUT2D eigenvalue weighted by molar-refractivity contribution is -0.139. The van der Waals surface area contributed by atoms with Crippen molar-refractivity contribution in [1.29, 1.82) is 0 Å². The predicted octanol–water partition coefficient (Wildman–Crippen LogP) is 1.53. The van der Waals surface area contributed by atoms with Gasteiger partial charge < -0.3 is 14.2 Å². The van der Waals surface area contributed by atoms with Gasteiger partial charge in [-0.15, -0.1) is 0 Å². The first-order chi connectivity index (χ1) is 14.0. The van der Waals surface area contributed by atoms with E-state index in [2.05, 4.69) is 0 Å². The second-order valence-corrected chi connectivity index (χ2v) is 7.13. The molecule has 2 aliphatic heterocycles. The van der Waals surface area contributed by atoms with Crippen LogP contribution in [0.1, 0.15) is 39.3 Å². The summed E-state index contributed by atoms with van der Waals surface area (Å²) in [6.45, 7) is 2.03. The van der Waals surface area contributed by atoms with Crippen LogP contribution in [0.4, 0.5) is 0 Å². The smallest absolute Gasteiger partial charge is 0.289 e. The van der Waals surface area contributed by atoms with Crippen LogP contribution in [0.3, 0.4) is 0 Å². The molecule has 8 heteroatoms. The van der Waals surface area contributed by atoms with E-state index in [0.29, 0.717) is 37.5 Å². The maximum absolute atomic E-state index is 12.8.